The van der Waals surface area contributed by atoms with Crippen LogP contribution in [0.2, 0.25) is 0 Å². The summed E-state index contributed by atoms with van der Waals surface area (Å²) in [6.07, 6.45) is 6.28. The number of nitrogens with zero attached hydrogens (tertiary/aromatic N) is 1. The van der Waals surface area contributed by atoms with E-state index in [1.54, 1.807) is 12.1 Å². The Morgan fingerprint density at radius 2 is 2.12 bits per heavy atom. The smallest absolute Gasteiger partial charge is 0.341 e. The van der Waals surface area contributed by atoms with Crippen molar-refractivity contribution in [1.82, 2.24) is 4.90 Å². The number of hydrogen-bond acceptors (Lipinski definition) is 4. The van der Waals surface area contributed by atoms with Crippen molar-refractivity contribution in [2.24, 2.45) is 5.92 Å². The minimum atomic E-state index is -0.496. The summed E-state index contributed by atoms with van der Waals surface area (Å²) in [4.78, 5) is 14.2. The molecule has 0 radical (unpaired) electrons. The lowest BCUT2D eigenvalue weighted by Gasteiger charge is -2.45. The van der Waals surface area contributed by atoms with Gasteiger partial charge in [-0.3, -0.25) is 0 Å². The predicted molar refractivity (Wildman–Crippen MR) is 101 cm³/mol. The molecular formula is C21H33NO3. The van der Waals surface area contributed by atoms with Crippen LogP contribution in [0.5, 0.6) is 5.75 Å². The molecule has 0 aromatic heterocycles. The van der Waals surface area contributed by atoms with Gasteiger partial charge in [0.2, 0.25) is 0 Å². The van der Waals surface area contributed by atoms with Crippen LogP contribution >= 0.6 is 0 Å². The number of piperidine rings is 1. The lowest BCUT2D eigenvalue weighted by atomic mass is 9.68. The van der Waals surface area contributed by atoms with Gasteiger partial charge >= 0.3 is 5.97 Å². The molecule has 1 N–H and O–H groups in total. The average molecular weight is 347 g/mol. The van der Waals surface area contributed by atoms with Gasteiger partial charge < -0.3 is 14.7 Å². The van der Waals surface area contributed by atoms with E-state index in [9.17, 15) is 9.90 Å². The summed E-state index contributed by atoms with van der Waals surface area (Å²) >= 11 is 0. The first-order chi connectivity index (χ1) is 11.9. The van der Waals surface area contributed by atoms with E-state index in [0.29, 0.717) is 5.92 Å². The van der Waals surface area contributed by atoms with E-state index in [4.69, 9.17) is 4.74 Å². The molecule has 1 heterocycles. The Morgan fingerprint density at radius 3 is 2.72 bits per heavy atom. The summed E-state index contributed by atoms with van der Waals surface area (Å²) in [5.74, 6) is 0.0136. The second kappa shape index (κ2) is 8.70. The Labute approximate surface area is 152 Å². The van der Waals surface area contributed by atoms with Crippen LogP contribution in [0.15, 0.2) is 18.2 Å². The minimum Gasteiger partial charge on any atom is -0.507 e. The van der Waals surface area contributed by atoms with E-state index in [2.05, 4.69) is 25.7 Å². The van der Waals surface area contributed by atoms with Gasteiger partial charge in [0.25, 0.3) is 0 Å². The highest BCUT2D eigenvalue weighted by atomic mass is 16.5. The third-order valence-electron chi connectivity index (χ3n) is 5.96. The highest BCUT2D eigenvalue weighted by Crippen LogP contribution is 2.41. The van der Waals surface area contributed by atoms with Gasteiger partial charge in [0.15, 0.2) is 0 Å². The van der Waals surface area contributed by atoms with Crippen LogP contribution in [0, 0.1) is 5.92 Å². The number of hydrogen-bond donors (Lipinski definition) is 1. The molecule has 1 aliphatic heterocycles. The number of benzene rings is 1. The summed E-state index contributed by atoms with van der Waals surface area (Å²) in [5, 5.41) is 10.2. The summed E-state index contributed by atoms with van der Waals surface area (Å²) in [5.41, 5.74) is 1.36. The average Bonchev–Trinajstić information content (AvgIpc) is 2.61. The fourth-order valence-electron chi connectivity index (χ4n) is 3.88. The first-order valence-corrected chi connectivity index (χ1v) is 9.56. The number of methoxy groups -OCH3 is 1. The molecule has 0 bridgehead atoms. The highest BCUT2D eigenvalue weighted by molar-refractivity contribution is 5.92. The van der Waals surface area contributed by atoms with Crippen LogP contribution in [0.25, 0.3) is 0 Å². The number of ether oxygens (including phenoxy) is 1. The zero-order chi connectivity index (χ0) is 18.4. The van der Waals surface area contributed by atoms with Crippen LogP contribution in [0.4, 0.5) is 0 Å². The molecule has 25 heavy (non-hydrogen) atoms. The second-order valence-corrected chi connectivity index (χ2v) is 7.65. The number of phenolic OH excluding ortho intramolecular Hbond substituents is 1. The number of unbranched alkanes of at least 4 members (excludes halogenated alkanes) is 3. The fourth-order valence-corrected chi connectivity index (χ4v) is 3.88. The van der Waals surface area contributed by atoms with E-state index < -0.39 is 5.97 Å². The van der Waals surface area contributed by atoms with Crippen LogP contribution < -0.4 is 0 Å². The van der Waals surface area contributed by atoms with E-state index in [0.717, 1.165) is 25.1 Å². The maximum absolute atomic E-state index is 11.7. The van der Waals surface area contributed by atoms with Crippen molar-refractivity contribution in [2.45, 2.75) is 58.3 Å². The van der Waals surface area contributed by atoms with Crippen LogP contribution in [-0.4, -0.2) is 42.7 Å². The summed E-state index contributed by atoms with van der Waals surface area (Å²) in [6, 6.07) is 5.41. The van der Waals surface area contributed by atoms with Crippen molar-refractivity contribution in [3.8, 4) is 5.75 Å². The summed E-state index contributed by atoms with van der Waals surface area (Å²) in [7, 11) is 1.33. The monoisotopic (exact) mass is 347 g/mol. The second-order valence-electron chi connectivity index (χ2n) is 7.65. The Morgan fingerprint density at radius 1 is 1.36 bits per heavy atom. The number of likely N-dealkylation sites (tertiary alicyclic amines) is 1. The highest BCUT2D eigenvalue weighted by Gasteiger charge is 2.38. The van der Waals surface area contributed by atoms with Crippen molar-refractivity contribution in [3.05, 3.63) is 29.3 Å². The molecule has 1 saturated heterocycles. The third kappa shape index (κ3) is 4.55. The fraction of sp³-hybridized carbons (Fsp3) is 0.667. The zero-order valence-corrected chi connectivity index (χ0v) is 16.2. The van der Waals surface area contributed by atoms with E-state index in [1.165, 1.54) is 39.3 Å². The van der Waals surface area contributed by atoms with Crippen molar-refractivity contribution >= 4 is 5.97 Å². The standard InChI is InChI=1S/C21H33NO3/c1-5-6-7-8-12-22-13-11-21(3,16(2)15-22)17-9-10-18(19(23)14-17)20(24)25-4/h9-10,14,16,23H,5-8,11-13,15H2,1-4H3. The van der Waals surface area contributed by atoms with E-state index >= 15 is 0 Å². The predicted octanol–water partition coefficient (Wildman–Crippen LogP) is 4.36. The number of phenols is 1. The van der Waals surface area contributed by atoms with Gasteiger partial charge in [-0.15, -0.1) is 0 Å². The molecule has 1 aliphatic rings. The number of rotatable bonds is 7. The molecule has 1 aromatic carbocycles. The van der Waals surface area contributed by atoms with Gasteiger partial charge in [0.1, 0.15) is 11.3 Å². The molecule has 4 heteroatoms. The third-order valence-corrected chi connectivity index (χ3v) is 5.96. The molecule has 140 valence electrons. The zero-order valence-electron chi connectivity index (χ0n) is 16.2. The molecule has 2 atom stereocenters. The molecule has 4 nitrogen and oxygen atoms in total. The lowest BCUT2D eigenvalue weighted by Crippen LogP contribution is -2.47. The van der Waals surface area contributed by atoms with Crippen molar-refractivity contribution in [1.29, 1.82) is 0 Å². The Hall–Kier alpha value is -1.55. The van der Waals surface area contributed by atoms with Gasteiger partial charge in [-0.25, -0.2) is 4.79 Å². The first kappa shape index (κ1) is 19.8. The molecule has 1 aromatic rings. The maximum atomic E-state index is 11.7. The molecule has 0 spiro atoms. The Balaban J connectivity index is 2.04. The molecule has 0 saturated carbocycles. The van der Waals surface area contributed by atoms with Gasteiger partial charge in [-0.05, 0) is 55.0 Å². The first-order valence-electron chi connectivity index (χ1n) is 9.56. The topological polar surface area (TPSA) is 49.8 Å². The Kier molecular flexibility index (Phi) is 6.88. The molecule has 2 unspecified atom stereocenters. The van der Waals surface area contributed by atoms with E-state index in [1.807, 2.05) is 6.07 Å². The minimum absolute atomic E-state index is 0.0137. The van der Waals surface area contributed by atoms with Crippen molar-refractivity contribution < 1.29 is 14.6 Å². The molecule has 0 aliphatic carbocycles. The van der Waals surface area contributed by atoms with Gasteiger partial charge in [0.05, 0.1) is 7.11 Å². The normalized spacial score (nSPS) is 24.2. The van der Waals surface area contributed by atoms with Crippen LogP contribution in [0.3, 0.4) is 0 Å². The Bertz CT molecular complexity index is 587. The molecule has 0 amide bonds. The SMILES string of the molecule is CCCCCCN1CCC(C)(c2ccc(C(=O)OC)c(O)c2)C(C)C1. The number of carbonyl (C=O) groups excluding carboxylic acids is 1. The molecule has 2 rings (SSSR count). The maximum Gasteiger partial charge on any atom is 0.341 e. The van der Waals surface area contributed by atoms with Crippen molar-refractivity contribution in [3.63, 3.8) is 0 Å². The van der Waals surface area contributed by atoms with E-state index in [-0.39, 0.29) is 16.7 Å². The van der Waals surface area contributed by atoms with Gasteiger partial charge in [0, 0.05) is 6.54 Å². The largest absolute Gasteiger partial charge is 0.507 e. The molecule has 1 fully saturated rings. The van der Waals surface area contributed by atoms with Gasteiger partial charge in [-0.2, -0.15) is 0 Å². The summed E-state index contributed by atoms with van der Waals surface area (Å²) < 4.78 is 4.71. The number of aromatic hydroxyl groups is 1. The summed E-state index contributed by atoms with van der Waals surface area (Å²) in [6.45, 7) is 10.2. The quantitative estimate of drug-likeness (QED) is 0.588. The van der Waals surface area contributed by atoms with Crippen LogP contribution in [0.1, 0.15) is 68.8 Å². The van der Waals surface area contributed by atoms with Crippen LogP contribution in [-0.2, 0) is 10.2 Å². The lowest BCUT2D eigenvalue weighted by molar-refractivity contribution is 0.0597. The number of esters is 1. The molecular weight excluding hydrogens is 314 g/mol. The van der Waals surface area contributed by atoms with Crippen molar-refractivity contribution in [2.75, 3.05) is 26.7 Å². The number of carbonyl (C=O) groups is 1. The van der Waals surface area contributed by atoms with Gasteiger partial charge in [-0.1, -0.05) is 46.1 Å².